The van der Waals surface area contributed by atoms with Crippen molar-refractivity contribution in [2.24, 2.45) is 11.5 Å². The van der Waals surface area contributed by atoms with E-state index in [0.717, 1.165) is 24.3 Å². The van der Waals surface area contributed by atoms with Gasteiger partial charge in [-0.3, -0.25) is 4.79 Å². The van der Waals surface area contributed by atoms with Gasteiger partial charge in [-0.15, -0.1) is 0 Å². The van der Waals surface area contributed by atoms with Crippen molar-refractivity contribution >= 4 is 17.3 Å². The highest BCUT2D eigenvalue weighted by molar-refractivity contribution is 6.00. The molecule has 0 aliphatic carbocycles. The van der Waals surface area contributed by atoms with Gasteiger partial charge in [0.25, 0.3) is 5.91 Å². The van der Waals surface area contributed by atoms with Gasteiger partial charge in [-0.25, -0.2) is 0 Å². The van der Waals surface area contributed by atoms with Crippen LogP contribution >= 0.6 is 0 Å². The van der Waals surface area contributed by atoms with Crippen LogP contribution in [0.1, 0.15) is 28.3 Å². The molecule has 1 unspecified atom stereocenters. The first-order valence-electron chi connectivity index (χ1n) is 7.17. The van der Waals surface area contributed by atoms with Gasteiger partial charge in [-0.1, -0.05) is 30.3 Å². The van der Waals surface area contributed by atoms with E-state index >= 15 is 0 Å². The monoisotopic (exact) mass is 281 g/mol. The second-order valence-electron chi connectivity index (χ2n) is 5.33. The minimum atomic E-state index is -0.398. The molecule has 0 fully saturated rings. The Hall–Kier alpha value is -2.33. The summed E-state index contributed by atoms with van der Waals surface area (Å²) in [5, 5.41) is 0. The van der Waals surface area contributed by atoms with Crippen molar-refractivity contribution in [3.63, 3.8) is 0 Å². The predicted molar refractivity (Wildman–Crippen MR) is 84.8 cm³/mol. The first-order chi connectivity index (χ1) is 10.2. The fraction of sp³-hybridized carbons (Fsp3) is 0.235. The maximum atomic E-state index is 11.7. The Labute approximate surface area is 124 Å². The van der Waals surface area contributed by atoms with Gasteiger partial charge >= 0.3 is 0 Å². The van der Waals surface area contributed by atoms with Crippen molar-refractivity contribution in [3.05, 3.63) is 59.7 Å². The van der Waals surface area contributed by atoms with Gasteiger partial charge in [0.2, 0.25) is 0 Å². The number of amides is 1. The first kappa shape index (κ1) is 13.6. The SMILES string of the molecule is NCCC1CN(c2ccccc2C(N)=O)c2ccccc21. The molecule has 4 heteroatoms. The summed E-state index contributed by atoms with van der Waals surface area (Å²) in [4.78, 5) is 13.8. The third-order valence-electron chi connectivity index (χ3n) is 4.05. The Morgan fingerprint density at radius 3 is 2.48 bits per heavy atom. The molecule has 2 aromatic carbocycles. The molecule has 2 aromatic rings. The van der Waals surface area contributed by atoms with Crippen molar-refractivity contribution in [1.82, 2.24) is 0 Å². The Kier molecular flexibility index (Phi) is 3.62. The highest BCUT2D eigenvalue weighted by Gasteiger charge is 2.30. The zero-order chi connectivity index (χ0) is 14.8. The molecule has 1 heterocycles. The molecule has 0 radical (unpaired) electrons. The summed E-state index contributed by atoms with van der Waals surface area (Å²) in [7, 11) is 0. The molecule has 0 saturated heterocycles. The third kappa shape index (κ3) is 2.38. The molecule has 0 bridgehead atoms. The molecule has 4 N–H and O–H groups in total. The van der Waals surface area contributed by atoms with Crippen LogP contribution in [0.4, 0.5) is 11.4 Å². The fourth-order valence-electron chi connectivity index (χ4n) is 3.09. The molecule has 4 nitrogen and oxygen atoms in total. The molecule has 1 aliphatic rings. The van der Waals surface area contributed by atoms with Crippen LogP contribution in [0, 0.1) is 0 Å². The van der Waals surface area contributed by atoms with E-state index in [9.17, 15) is 4.79 Å². The average Bonchev–Trinajstić information content (AvgIpc) is 2.87. The van der Waals surface area contributed by atoms with Gasteiger partial charge in [-0.05, 0) is 36.7 Å². The van der Waals surface area contributed by atoms with Crippen LogP contribution in [0.15, 0.2) is 48.5 Å². The van der Waals surface area contributed by atoms with Crippen LogP contribution in [0.3, 0.4) is 0 Å². The van der Waals surface area contributed by atoms with E-state index in [-0.39, 0.29) is 0 Å². The maximum Gasteiger partial charge on any atom is 0.250 e. The van der Waals surface area contributed by atoms with Gasteiger partial charge in [-0.2, -0.15) is 0 Å². The molecule has 21 heavy (non-hydrogen) atoms. The summed E-state index contributed by atoms with van der Waals surface area (Å²) in [5.74, 6) is -0.00233. The number of fused-ring (bicyclic) bond motifs is 1. The zero-order valence-corrected chi connectivity index (χ0v) is 11.8. The summed E-state index contributed by atoms with van der Waals surface area (Å²) >= 11 is 0. The van der Waals surface area contributed by atoms with Crippen LogP contribution in [0.25, 0.3) is 0 Å². The molecule has 0 spiro atoms. The van der Waals surface area contributed by atoms with E-state index in [1.807, 2.05) is 30.3 Å². The van der Waals surface area contributed by atoms with Crippen molar-refractivity contribution < 1.29 is 4.79 Å². The lowest BCUT2D eigenvalue weighted by atomic mass is 9.98. The summed E-state index contributed by atoms with van der Waals surface area (Å²) in [5.41, 5.74) is 15.1. The lowest BCUT2D eigenvalue weighted by Crippen LogP contribution is -2.21. The van der Waals surface area contributed by atoms with Crippen molar-refractivity contribution in [2.45, 2.75) is 12.3 Å². The van der Waals surface area contributed by atoms with Crippen LogP contribution in [0.2, 0.25) is 0 Å². The smallest absolute Gasteiger partial charge is 0.250 e. The Balaban J connectivity index is 2.07. The summed E-state index contributed by atoms with van der Waals surface area (Å²) in [6, 6.07) is 15.8. The number of primary amides is 1. The Morgan fingerprint density at radius 1 is 1.10 bits per heavy atom. The number of hydrogen-bond donors (Lipinski definition) is 2. The number of nitrogens with zero attached hydrogens (tertiary/aromatic N) is 1. The number of nitrogens with two attached hydrogens (primary N) is 2. The van der Waals surface area contributed by atoms with Crippen molar-refractivity contribution in [2.75, 3.05) is 18.0 Å². The summed E-state index contributed by atoms with van der Waals surface area (Å²) < 4.78 is 0. The predicted octanol–water partition coefficient (Wildman–Crippen LogP) is 2.37. The number of carbonyl (C=O) groups excluding carboxylic acids is 1. The Bertz CT molecular complexity index is 669. The van der Waals surface area contributed by atoms with Gasteiger partial charge in [0.05, 0.1) is 11.3 Å². The molecule has 1 amide bonds. The molecule has 1 atom stereocenters. The lowest BCUT2D eigenvalue weighted by molar-refractivity contribution is 0.100. The third-order valence-corrected chi connectivity index (χ3v) is 4.05. The lowest BCUT2D eigenvalue weighted by Gasteiger charge is -2.22. The number of para-hydroxylation sites is 2. The quantitative estimate of drug-likeness (QED) is 0.903. The molecular weight excluding hydrogens is 262 g/mol. The number of anilines is 2. The second kappa shape index (κ2) is 5.58. The van der Waals surface area contributed by atoms with Crippen LogP contribution < -0.4 is 16.4 Å². The molecule has 3 rings (SSSR count). The zero-order valence-electron chi connectivity index (χ0n) is 11.8. The van der Waals surface area contributed by atoms with E-state index in [2.05, 4.69) is 17.0 Å². The summed E-state index contributed by atoms with van der Waals surface area (Å²) in [6.07, 6.45) is 0.937. The second-order valence-corrected chi connectivity index (χ2v) is 5.33. The number of carbonyl (C=O) groups is 1. The minimum absolute atomic E-state index is 0.395. The van der Waals surface area contributed by atoms with Crippen molar-refractivity contribution in [3.8, 4) is 0 Å². The van der Waals surface area contributed by atoms with E-state index in [1.165, 1.54) is 5.56 Å². The largest absolute Gasteiger partial charge is 0.366 e. The van der Waals surface area contributed by atoms with Gasteiger partial charge < -0.3 is 16.4 Å². The summed E-state index contributed by atoms with van der Waals surface area (Å²) in [6.45, 7) is 1.49. The maximum absolute atomic E-state index is 11.7. The Morgan fingerprint density at radius 2 is 1.76 bits per heavy atom. The average molecular weight is 281 g/mol. The van der Waals surface area contributed by atoms with E-state index < -0.39 is 5.91 Å². The minimum Gasteiger partial charge on any atom is -0.366 e. The molecule has 0 saturated carbocycles. The first-order valence-corrected chi connectivity index (χ1v) is 7.17. The molecule has 0 aromatic heterocycles. The van der Waals surface area contributed by atoms with Crippen LogP contribution in [0.5, 0.6) is 0 Å². The van der Waals surface area contributed by atoms with Crippen LogP contribution in [-0.2, 0) is 0 Å². The van der Waals surface area contributed by atoms with E-state index in [4.69, 9.17) is 11.5 Å². The molecule has 108 valence electrons. The van der Waals surface area contributed by atoms with Crippen molar-refractivity contribution in [1.29, 1.82) is 0 Å². The number of rotatable bonds is 4. The molecule has 1 aliphatic heterocycles. The van der Waals surface area contributed by atoms with Gasteiger partial charge in [0.1, 0.15) is 0 Å². The van der Waals surface area contributed by atoms with E-state index in [1.54, 1.807) is 6.07 Å². The van der Waals surface area contributed by atoms with Gasteiger partial charge in [0, 0.05) is 18.2 Å². The van der Waals surface area contributed by atoms with E-state index in [0.29, 0.717) is 18.0 Å². The normalized spacial score (nSPS) is 16.8. The topological polar surface area (TPSA) is 72.3 Å². The molecular formula is C17H19N3O. The highest BCUT2D eigenvalue weighted by Crippen LogP contribution is 2.42. The standard InChI is InChI=1S/C17H19N3O/c18-10-9-12-11-20(15-7-3-1-5-13(12)15)16-8-4-2-6-14(16)17(19)21/h1-8,12H,9-11,18H2,(H2,19,21). The van der Waals surface area contributed by atoms with Crippen LogP contribution in [-0.4, -0.2) is 19.0 Å². The number of hydrogen-bond acceptors (Lipinski definition) is 3. The fourth-order valence-corrected chi connectivity index (χ4v) is 3.09. The highest BCUT2D eigenvalue weighted by atomic mass is 16.1. The number of benzene rings is 2. The van der Waals surface area contributed by atoms with Gasteiger partial charge in [0.15, 0.2) is 0 Å².